The minimum Gasteiger partial charge on any atom is -0.474 e. The van der Waals surface area contributed by atoms with Gasteiger partial charge >= 0.3 is 0 Å². The highest BCUT2D eigenvalue weighted by Crippen LogP contribution is 2.32. The second kappa shape index (κ2) is 6.59. The molecule has 2 aromatic carbocycles. The molecule has 0 spiro atoms. The largest absolute Gasteiger partial charge is 0.474 e. The van der Waals surface area contributed by atoms with Gasteiger partial charge in [0.05, 0.1) is 5.02 Å². The smallest absolute Gasteiger partial charge is 0.266 e. The Kier molecular flexibility index (Phi) is 4.55. The first-order chi connectivity index (χ1) is 10.6. The van der Waals surface area contributed by atoms with Crippen LogP contribution in [-0.2, 0) is 4.79 Å². The molecule has 2 aromatic rings. The fourth-order valence-electron chi connectivity index (χ4n) is 2.10. The summed E-state index contributed by atoms with van der Waals surface area (Å²) < 4.78 is 5.87. The van der Waals surface area contributed by atoms with Crippen molar-refractivity contribution in [3.8, 4) is 5.75 Å². The van der Waals surface area contributed by atoms with Gasteiger partial charge in [-0.1, -0.05) is 53.5 Å². The van der Waals surface area contributed by atoms with E-state index in [2.05, 4.69) is 5.32 Å². The molecule has 3 nitrogen and oxygen atoms in total. The third-order valence-corrected chi connectivity index (χ3v) is 3.93. The van der Waals surface area contributed by atoms with Crippen molar-refractivity contribution in [2.24, 2.45) is 0 Å². The van der Waals surface area contributed by atoms with E-state index in [0.29, 0.717) is 15.8 Å². The Morgan fingerprint density at radius 1 is 1.14 bits per heavy atom. The fraction of sp³-hybridized carbons (Fsp3) is 0.235. The molecule has 0 aliphatic heterocycles. The third kappa shape index (κ3) is 3.73. The zero-order valence-corrected chi connectivity index (χ0v) is 13.3. The molecule has 1 fully saturated rings. The lowest BCUT2D eigenvalue weighted by Crippen LogP contribution is -2.33. The summed E-state index contributed by atoms with van der Waals surface area (Å²) in [5, 5.41) is 3.88. The minimum atomic E-state index is -0.736. The molecule has 5 heteroatoms. The van der Waals surface area contributed by atoms with Crippen molar-refractivity contribution in [2.75, 3.05) is 0 Å². The van der Waals surface area contributed by atoms with E-state index in [-0.39, 0.29) is 11.9 Å². The van der Waals surface area contributed by atoms with Gasteiger partial charge in [-0.15, -0.1) is 0 Å². The van der Waals surface area contributed by atoms with E-state index in [4.69, 9.17) is 27.9 Å². The van der Waals surface area contributed by atoms with Crippen molar-refractivity contribution >= 4 is 29.1 Å². The topological polar surface area (TPSA) is 38.3 Å². The van der Waals surface area contributed by atoms with Crippen molar-refractivity contribution in [1.29, 1.82) is 0 Å². The van der Waals surface area contributed by atoms with Gasteiger partial charge in [0.15, 0.2) is 0 Å². The molecule has 0 bridgehead atoms. The lowest BCUT2D eigenvalue weighted by atomic mass is 10.1. The number of rotatable bonds is 5. The van der Waals surface area contributed by atoms with Gasteiger partial charge in [0.2, 0.25) is 6.10 Å². The Morgan fingerprint density at radius 2 is 1.86 bits per heavy atom. The highest BCUT2D eigenvalue weighted by molar-refractivity contribution is 6.35. The predicted octanol–water partition coefficient (Wildman–Crippen LogP) is 4.39. The van der Waals surface area contributed by atoms with Crippen LogP contribution in [0.25, 0.3) is 0 Å². The molecule has 0 heterocycles. The normalized spacial score (nSPS) is 15.2. The van der Waals surface area contributed by atoms with Crippen LogP contribution in [-0.4, -0.2) is 11.9 Å². The summed E-state index contributed by atoms with van der Waals surface area (Å²) in [6.45, 7) is 0. The Hall–Kier alpha value is -1.71. The van der Waals surface area contributed by atoms with E-state index >= 15 is 0 Å². The quantitative estimate of drug-likeness (QED) is 0.879. The SMILES string of the molecule is O=C(NC1CC1)C(Oc1ccc(Cl)cc1Cl)c1ccccc1. The molecule has 1 atom stereocenters. The number of ether oxygens (including phenoxy) is 1. The molecule has 1 unspecified atom stereocenters. The van der Waals surface area contributed by atoms with Crippen LogP contribution in [0.3, 0.4) is 0 Å². The monoisotopic (exact) mass is 335 g/mol. The van der Waals surface area contributed by atoms with E-state index < -0.39 is 6.10 Å². The Bertz CT molecular complexity index is 672. The van der Waals surface area contributed by atoms with Gasteiger partial charge < -0.3 is 10.1 Å². The lowest BCUT2D eigenvalue weighted by Gasteiger charge is -2.20. The van der Waals surface area contributed by atoms with Gasteiger partial charge in [-0.05, 0) is 31.0 Å². The standard InChI is InChI=1S/C17H15Cl2NO2/c18-12-6-9-15(14(19)10-12)22-16(11-4-2-1-3-5-11)17(21)20-13-7-8-13/h1-6,9-10,13,16H,7-8H2,(H,20,21). The van der Waals surface area contributed by atoms with E-state index in [0.717, 1.165) is 18.4 Å². The Balaban J connectivity index is 1.85. The first kappa shape index (κ1) is 15.2. The maximum Gasteiger partial charge on any atom is 0.266 e. The average Bonchev–Trinajstić information content (AvgIpc) is 3.31. The van der Waals surface area contributed by atoms with Crippen LogP contribution in [0, 0.1) is 0 Å². The van der Waals surface area contributed by atoms with Gasteiger partial charge in [0.1, 0.15) is 5.75 Å². The van der Waals surface area contributed by atoms with Crippen LogP contribution in [0.15, 0.2) is 48.5 Å². The van der Waals surface area contributed by atoms with Gasteiger partial charge in [0, 0.05) is 16.6 Å². The van der Waals surface area contributed by atoms with Crippen molar-refractivity contribution in [1.82, 2.24) is 5.32 Å². The first-order valence-electron chi connectivity index (χ1n) is 7.10. The van der Waals surface area contributed by atoms with Crippen molar-refractivity contribution in [3.05, 3.63) is 64.1 Å². The molecule has 22 heavy (non-hydrogen) atoms. The summed E-state index contributed by atoms with van der Waals surface area (Å²) in [6.07, 6.45) is 1.31. The highest BCUT2D eigenvalue weighted by Gasteiger charge is 2.30. The van der Waals surface area contributed by atoms with Crippen LogP contribution in [0.2, 0.25) is 10.0 Å². The van der Waals surface area contributed by atoms with E-state index in [1.54, 1.807) is 18.2 Å². The molecule has 1 amide bonds. The number of carbonyl (C=O) groups excluding carboxylic acids is 1. The van der Waals surface area contributed by atoms with Gasteiger partial charge in [-0.2, -0.15) is 0 Å². The second-order valence-corrected chi connectivity index (χ2v) is 6.11. The van der Waals surface area contributed by atoms with Crippen LogP contribution >= 0.6 is 23.2 Å². The van der Waals surface area contributed by atoms with Crippen molar-refractivity contribution in [2.45, 2.75) is 25.0 Å². The van der Waals surface area contributed by atoms with E-state index in [1.807, 2.05) is 30.3 Å². The molecular formula is C17H15Cl2NO2. The molecular weight excluding hydrogens is 321 g/mol. The minimum absolute atomic E-state index is 0.153. The Morgan fingerprint density at radius 3 is 2.50 bits per heavy atom. The number of halogens is 2. The molecule has 1 saturated carbocycles. The summed E-state index contributed by atoms with van der Waals surface area (Å²) in [4.78, 5) is 12.5. The zero-order chi connectivity index (χ0) is 15.5. The van der Waals surface area contributed by atoms with Crippen LogP contribution in [0.1, 0.15) is 24.5 Å². The van der Waals surface area contributed by atoms with Crippen molar-refractivity contribution < 1.29 is 9.53 Å². The van der Waals surface area contributed by atoms with Gasteiger partial charge in [0.25, 0.3) is 5.91 Å². The molecule has 1 aliphatic carbocycles. The highest BCUT2D eigenvalue weighted by atomic mass is 35.5. The molecule has 0 saturated heterocycles. The molecule has 1 N–H and O–H groups in total. The predicted molar refractivity (Wildman–Crippen MR) is 87.4 cm³/mol. The number of benzene rings is 2. The Labute approximate surface area is 139 Å². The molecule has 0 aromatic heterocycles. The van der Waals surface area contributed by atoms with Gasteiger partial charge in [-0.25, -0.2) is 0 Å². The average molecular weight is 336 g/mol. The number of nitrogens with one attached hydrogen (secondary N) is 1. The van der Waals surface area contributed by atoms with Crippen molar-refractivity contribution in [3.63, 3.8) is 0 Å². The number of hydrogen-bond acceptors (Lipinski definition) is 2. The maximum absolute atomic E-state index is 12.5. The van der Waals surface area contributed by atoms with Crippen LogP contribution in [0.4, 0.5) is 0 Å². The molecule has 114 valence electrons. The number of amides is 1. The number of hydrogen-bond donors (Lipinski definition) is 1. The zero-order valence-electron chi connectivity index (χ0n) is 11.8. The molecule has 0 radical (unpaired) electrons. The van der Waals surface area contributed by atoms with E-state index in [1.165, 1.54) is 0 Å². The summed E-state index contributed by atoms with van der Waals surface area (Å²) >= 11 is 12.0. The first-order valence-corrected chi connectivity index (χ1v) is 7.86. The summed E-state index contributed by atoms with van der Waals surface area (Å²) in [5.74, 6) is 0.283. The third-order valence-electron chi connectivity index (χ3n) is 3.40. The van der Waals surface area contributed by atoms with Crippen LogP contribution < -0.4 is 10.1 Å². The lowest BCUT2D eigenvalue weighted by molar-refractivity contribution is -0.128. The summed E-state index contributed by atoms with van der Waals surface area (Å²) in [6, 6.07) is 14.6. The maximum atomic E-state index is 12.5. The molecule has 1 aliphatic rings. The fourth-order valence-corrected chi connectivity index (χ4v) is 2.56. The second-order valence-electron chi connectivity index (χ2n) is 5.27. The van der Waals surface area contributed by atoms with E-state index in [9.17, 15) is 4.79 Å². The summed E-state index contributed by atoms with van der Waals surface area (Å²) in [5.41, 5.74) is 0.784. The van der Waals surface area contributed by atoms with Crippen LogP contribution in [0.5, 0.6) is 5.75 Å². The number of carbonyl (C=O) groups is 1. The summed E-state index contributed by atoms with van der Waals surface area (Å²) in [7, 11) is 0. The van der Waals surface area contributed by atoms with Gasteiger partial charge in [-0.3, -0.25) is 4.79 Å². The molecule has 3 rings (SSSR count).